The van der Waals surface area contributed by atoms with Crippen LogP contribution in [0, 0.1) is 5.82 Å². The van der Waals surface area contributed by atoms with Crippen molar-refractivity contribution in [3.63, 3.8) is 0 Å². The molecule has 0 aliphatic heterocycles. The summed E-state index contributed by atoms with van der Waals surface area (Å²) in [5.41, 5.74) is 0.460. The summed E-state index contributed by atoms with van der Waals surface area (Å²) in [6, 6.07) is 10.4. The Bertz CT molecular complexity index is 1280. The Morgan fingerprint density at radius 1 is 1.00 bits per heavy atom. The fourth-order valence-electron chi connectivity index (χ4n) is 2.97. The molecule has 0 aliphatic rings. The molecule has 0 radical (unpaired) electrons. The Morgan fingerprint density at radius 2 is 1.74 bits per heavy atom. The van der Waals surface area contributed by atoms with E-state index in [-0.39, 0.29) is 17.4 Å². The van der Waals surface area contributed by atoms with Crippen LogP contribution >= 0.6 is 0 Å². The largest absolute Gasteiger partial charge is 0.493 e. The van der Waals surface area contributed by atoms with Crippen molar-refractivity contribution in [1.29, 1.82) is 0 Å². The Morgan fingerprint density at radius 3 is 2.39 bits per heavy atom. The lowest BCUT2D eigenvalue weighted by molar-refractivity contribution is 0.324. The monoisotopic (exact) mass is 424 g/mol. The zero-order chi connectivity index (χ0) is 22.0. The lowest BCUT2D eigenvalue weighted by atomic mass is 10.1. The van der Waals surface area contributed by atoms with Crippen molar-refractivity contribution in [2.24, 2.45) is 0 Å². The van der Waals surface area contributed by atoms with Crippen molar-refractivity contribution in [2.45, 2.75) is 0 Å². The molecule has 0 aliphatic carbocycles. The SMILES string of the molecule is COc1cc(-c2noc(-c3nn(-c4cccc(F)c4)ccc3=O)n2)cc(OC)c1OC. The minimum absolute atomic E-state index is 0.0713. The van der Waals surface area contributed by atoms with E-state index < -0.39 is 11.2 Å². The van der Waals surface area contributed by atoms with E-state index >= 15 is 0 Å². The summed E-state index contributed by atoms with van der Waals surface area (Å²) in [7, 11) is 4.48. The molecule has 0 spiro atoms. The minimum atomic E-state index is -0.429. The highest BCUT2D eigenvalue weighted by Crippen LogP contribution is 2.40. The van der Waals surface area contributed by atoms with Crippen LogP contribution in [0.1, 0.15) is 0 Å². The maximum Gasteiger partial charge on any atom is 0.282 e. The molecule has 10 heteroatoms. The molecule has 0 bridgehead atoms. The molecule has 4 aromatic rings. The number of halogens is 1. The average Bonchev–Trinajstić information content (AvgIpc) is 3.28. The number of aromatic nitrogens is 4. The number of benzene rings is 2. The molecule has 0 fully saturated rings. The number of methoxy groups -OCH3 is 3. The van der Waals surface area contributed by atoms with Crippen molar-refractivity contribution in [2.75, 3.05) is 21.3 Å². The second kappa shape index (κ2) is 8.27. The zero-order valence-corrected chi connectivity index (χ0v) is 16.8. The molecule has 0 saturated heterocycles. The predicted octanol–water partition coefficient (Wildman–Crippen LogP) is 3.11. The maximum atomic E-state index is 13.6. The second-order valence-electron chi connectivity index (χ2n) is 6.29. The first-order chi connectivity index (χ1) is 15.0. The van der Waals surface area contributed by atoms with Crippen LogP contribution < -0.4 is 19.6 Å². The Hall–Kier alpha value is -4.21. The molecule has 0 atom stereocenters. The summed E-state index contributed by atoms with van der Waals surface area (Å²) in [4.78, 5) is 16.7. The summed E-state index contributed by atoms with van der Waals surface area (Å²) >= 11 is 0. The maximum absolute atomic E-state index is 13.6. The van der Waals surface area contributed by atoms with E-state index in [1.54, 1.807) is 24.3 Å². The van der Waals surface area contributed by atoms with Crippen LogP contribution in [-0.4, -0.2) is 41.3 Å². The molecule has 158 valence electrons. The van der Waals surface area contributed by atoms with Gasteiger partial charge in [0, 0.05) is 17.8 Å². The third-order valence-corrected chi connectivity index (χ3v) is 4.43. The van der Waals surface area contributed by atoms with E-state index in [2.05, 4.69) is 15.2 Å². The second-order valence-corrected chi connectivity index (χ2v) is 6.29. The van der Waals surface area contributed by atoms with Crippen LogP contribution in [0.25, 0.3) is 28.7 Å². The van der Waals surface area contributed by atoms with E-state index in [0.717, 1.165) is 0 Å². The van der Waals surface area contributed by atoms with Crippen LogP contribution in [0.3, 0.4) is 0 Å². The molecule has 31 heavy (non-hydrogen) atoms. The number of hydrogen-bond donors (Lipinski definition) is 0. The molecule has 2 aromatic heterocycles. The molecule has 4 rings (SSSR count). The summed E-state index contributed by atoms with van der Waals surface area (Å²) in [5.74, 6) is 0.919. The third kappa shape index (κ3) is 3.82. The van der Waals surface area contributed by atoms with E-state index in [9.17, 15) is 9.18 Å². The molecule has 2 aromatic carbocycles. The predicted molar refractivity (Wildman–Crippen MR) is 108 cm³/mol. The van der Waals surface area contributed by atoms with Gasteiger partial charge in [-0.1, -0.05) is 11.2 Å². The molecule has 0 N–H and O–H groups in total. The molecular weight excluding hydrogens is 407 g/mol. The van der Waals surface area contributed by atoms with Crippen molar-refractivity contribution < 1.29 is 23.1 Å². The molecule has 0 unspecified atom stereocenters. The lowest BCUT2D eigenvalue weighted by Crippen LogP contribution is -2.12. The Kier molecular flexibility index (Phi) is 5.35. The van der Waals surface area contributed by atoms with Gasteiger partial charge >= 0.3 is 0 Å². The van der Waals surface area contributed by atoms with Crippen molar-refractivity contribution in [3.05, 3.63) is 64.7 Å². The topological polar surface area (TPSA) is 102 Å². The molecular formula is C21H17FN4O5. The first-order valence-corrected chi connectivity index (χ1v) is 9.04. The van der Waals surface area contributed by atoms with Gasteiger partial charge in [-0.15, -0.1) is 0 Å². The van der Waals surface area contributed by atoms with E-state index in [4.69, 9.17) is 18.7 Å². The average molecular weight is 424 g/mol. The van der Waals surface area contributed by atoms with E-state index in [1.165, 1.54) is 50.4 Å². The zero-order valence-electron chi connectivity index (χ0n) is 16.8. The van der Waals surface area contributed by atoms with Crippen molar-refractivity contribution in [3.8, 4) is 45.9 Å². The smallest absolute Gasteiger partial charge is 0.282 e. The van der Waals surface area contributed by atoms with Gasteiger partial charge in [0.2, 0.25) is 17.0 Å². The highest BCUT2D eigenvalue weighted by atomic mass is 19.1. The van der Waals surface area contributed by atoms with Gasteiger partial charge in [-0.25, -0.2) is 9.07 Å². The van der Waals surface area contributed by atoms with Crippen LogP contribution in [0.5, 0.6) is 17.2 Å². The standard InChI is InChI=1S/C21H17FN4O5/c1-28-16-9-12(10-17(29-2)19(16)30-3)20-23-21(31-25-20)18-15(27)7-8-26(24-18)14-6-4-5-13(22)11-14/h4-11H,1-3H3. The Balaban J connectivity index is 1.76. The highest BCUT2D eigenvalue weighted by Gasteiger charge is 2.20. The first kappa shape index (κ1) is 20.1. The summed E-state index contributed by atoms with van der Waals surface area (Å²) in [6.07, 6.45) is 1.43. The molecule has 2 heterocycles. The number of nitrogens with zero attached hydrogens (tertiary/aromatic N) is 4. The number of ether oxygens (including phenoxy) is 3. The normalized spacial score (nSPS) is 10.7. The molecule has 0 saturated carbocycles. The van der Waals surface area contributed by atoms with Crippen molar-refractivity contribution >= 4 is 0 Å². The minimum Gasteiger partial charge on any atom is -0.493 e. The highest BCUT2D eigenvalue weighted by molar-refractivity contribution is 5.67. The fraction of sp³-hybridized carbons (Fsp3) is 0.143. The van der Waals surface area contributed by atoms with Crippen molar-refractivity contribution in [1.82, 2.24) is 19.9 Å². The number of rotatable bonds is 6. The molecule has 9 nitrogen and oxygen atoms in total. The van der Waals surface area contributed by atoms with Gasteiger partial charge < -0.3 is 18.7 Å². The van der Waals surface area contributed by atoms with Crippen LogP contribution in [-0.2, 0) is 0 Å². The first-order valence-electron chi connectivity index (χ1n) is 9.04. The van der Waals surface area contributed by atoms with Gasteiger partial charge in [-0.05, 0) is 30.3 Å². The summed E-state index contributed by atoms with van der Waals surface area (Å²) < 4.78 is 36.2. The third-order valence-electron chi connectivity index (χ3n) is 4.43. The van der Waals surface area contributed by atoms with Gasteiger partial charge in [0.1, 0.15) is 5.82 Å². The quantitative estimate of drug-likeness (QED) is 0.465. The summed E-state index contributed by atoms with van der Waals surface area (Å²) in [5, 5.41) is 8.17. The van der Waals surface area contributed by atoms with Crippen LogP contribution in [0.2, 0.25) is 0 Å². The van der Waals surface area contributed by atoms with Gasteiger partial charge in [0.05, 0.1) is 27.0 Å². The lowest BCUT2D eigenvalue weighted by Gasteiger charge is -2.12. The Labute approximate surface area is 175 Å². The van der Waals surface area contributed by atoms with E-state index in [0.29, 0.717) is 28.5 Å². The van der Waals surface area contributed by atoms with Gasteiger partial charge in [0.15, 0.2) is 17.2 Å². The van der Waals surface area contributed by atoms with Crippen LogP contribution in [0.4, 0.5) is 4.39 Å². The van der Waals surface area contributed by atoms with E-state index in [1.807, 2.05) is 0 Å². The van der Waals surface area contributed by atoms with Gasteiger partial charge in [-0.3, -0.25) is 4.79 Å². The number of hydrogen-bond acceptors (Lipinski definition) is 8. The molecule has 0 amide bonds. The van der Waals surface area contributed by atoms with Gasteiger partial charge in [0.25, 0.3) is 5.89 Å². The van der Waals surface area contributed by atoms with Crippen LogP contribution in [0.15, 0.2) is 58.0 Å². The van der Waals surface area contributed by atoms with Gasteiger partial charge in [-0.2, -0.15) is 10.1 Å². The fourth-order valence-corrected chi connectivity index (χ4v) is 2.97. The summed E-state index contributed by atoms with van der Waals surface area (Å²) in [6.45, 7) is 0.